The van der Waals surface area contributed by atoms with Crippen molar-refractivity contribution in [2.75, 3.05) is 13.2 Å². The van der Waals surface area contributed by atoms with Crippen LogP contribution in [0.4, 0.5) is 0 Å². The Hall–Kier alpha value is -1.73. The summed E-state index contributed by atoms with van der Waals surface area (Å²) in [5.74, 6) is 0.319. The van der Waals surface area contributed by atoms with Crippen molar-refractivity contribution in [1.29, 1.82) is 0 Å². The smallest absolute Gasteiger partial charge is 0.257 e. The molecule has 2 aliphatic rings. The summed E-state index contributed by atoms with van der Waals surface area (Å²) in [4.78, 5) is 12.0. The molecule has 1 aliphatic carbocycles. The monoisotopic (exact) mass is 385 g/mol. The van der Waals surface area contributed by atoms with E-state index in [9.17, 15) is 13.2 Å². The quantitative estimate of drug-likeness (QED) is 0.806. The highest BCUT2D eigenvalue weighted by Crippen LogP contribution is 2.38. The average Bonchev–Trinajstić information content (AvgIpc) is 2.60. The number of benzene rings is 1. The normalized spacial score (nSPS) is 18.3. The molecular formula is C17H20ClNO5S. The Morgan fingerprint density at radius 1 is 1.16 bits per heavy atom. The maximum Gasteiger partial charge on any atom is 0.257 e. The standard InChI is InChI=1S/C17H20ClNO5S/c18-14-10-12(11-15-17(14)24-9-8-23-15)6-7-16(20)19-25(21,22)13-4-2-1-3-5-13/h6-7,10-11,13H,1-5,8-9H2,(H,19,20)/b7-6+. The SMILES string of the molecule is O=C(/C=C/c1cc(Cl)c2c(c1)OCCO2)NS(=O)(=O)C1CCCCC1. The van der Waals surface area contributed by atoms with Crippen molar-refractivity contribution in [3.8, 4) is 11.5 Å². The van der Waals surface area contributed by atoms with Crippen LogP contribution in [-0.2, 0) is 14.8 Å². The fourth-order valence-electron chi connectivity index (χ4n) is 3.03. The predicted octanol–water partition coefficient (Wildman–Crippen LogP) is 2.90. The van der Waals surface area contributed by atoms with Crippen molar-refractivity contribution in [3.63, 3.8) is 0 Å². The molecule has 0 radical (unpaired) electrons. The van der Waals surface area contributed by atoms with E-state index in [2.05, 4.69) is 4.72 Å². The van der Waals surface area contributed by atoms with E-state index in [1.54, 1.807) is 12.1 Å². The van der Waals surface area contributed by atoms with Gasteiger partial charge < -0.3 is 9.47 Å². The summed E-state index contributed by atoms with van der Waals surface area (Å²) in [5, 5.41) is -0.102. The molecule has 6 nitrogen and oxygen atoms in total. The highest BCUT2D eigenvalue weighted by Gasteiger charge is 2.28. The largest absolute Gasteiger partial charge is 0.486 e. The average molecular weight is 386 g/mol. The molecule has 0 aromatic heterocycles. The topological polar surface area (TPSA) is 81.7 Å². The number of fused-ring (bicyclic) bond motifs is 1. The van der Waals surface area contributed by atoms with Gasteiger partial charge >= 0.3 is 0 Å². The van der Waals surface area contributed by atoms with Crippen molar-refractivity contribution in [2.24, 2.45) is 0 Å². The number of carbonyl (C=O) groups is 1. The van der Waals surface area contributed by atoms with Gasteiger partial charge in [-0.15, -0.1) is 0 Å². The zero-order chi connectivity index (χ0) is 17.9. The number of nitrogens with one attached hydrogen (secondary N) is 1. The van der Waals surface area contributed by atoms with Crippen LogP contribution >= 0.6 is 11.6 Å². The summed E-state index contributed by atoms with van der Waals surface area (Å²) in [7, 11) is -3.63. The maximum absolute atomic E-state index is 12.2. The fourth-order valence-corrected chi connectivity index (χ4v) is 4.77. The van der Waals surface area contributed by atoms with E-state index in [1.165, 1.54) is 12.2 Å². The molecule has 1 N–H and O–H groups in total. The van der Waals surface area contributed by atoms with Gasteiger partial charge in [-0.05, 0) is 36.6 Å². The molecule has 0 spiro atoms. The van der Waals surface area contributed by atoms with Gasteiger partial charge in [0.15, 0.2) is 11.5 Å². The molecule has 8 heteroatoms. The van der Waals surface area contributed by atoms with Gasteiger partial charge in [0.25, 0.3) is 5.91 Å². The molecule has 0 atom stereocenters. The molecule has 3 rings (SSSR count). The van der Waals surface area contributed by atoms with Crippen LogP contribution in [0.2, 0.25) is 5.02 Å². The Morgan fingerprint density at radius 3 is 2.64 bits per heavy atom. The van der Waals surface area contributed by atoms with Gasteiger partial charge in [-0.25, -0.2) is 13.1 Å². The van der Waals surface area contributed by atoms with Gasteiger partial charge in [0, 0.05) is 6.08 Å². The van der Waals surface area contributed by atoms with Crippen LogP contribution in [0, 0.1) is 0 Å². The number of sulfonamides is 1. The highest BCUT2D eigenvalue weighted by atomic mass is 35.5. The number of hydrogen-bond donors (Lipinski definition) is 1. The third-order valence-electron chi connectivity index (χ3n) is 4.28. The summed E-state index contributed by atoms with van der Waals surface area (Å²) < 4.78 is 37.5. The van der Waals surface area contributed by atoms with Crippen molar-refractivity contribution >= 4 is 33.6 Å². The first-order valence-corrected chi connectivity index (χ1v) is 10.2. The molecule has 0 saturated heterocycles. The highest BCUT2D eigenvalue weighted by molar-refractivity contribution is 7.90. The minimum atomic E-state index is -3.63. The van der Waals surface area contributed by atoms with Gasteiger partial charge in [-0.2, -0.15) is 0 Å². The first-order chi connectivity index (χ1) is 12.0. The van der Waals surface area contributed by atoms with Crippen LogP contribution in [0.15, 0.2) is 18.2 Å². The molecule has 1 saturated carbocycles. The van der Waals surface area contributed by atoms with Gasteiger partial charge in [-0.3, -0.25) is 4.79 Å². The number of carbonyl (C=O) groups excluding carboxylic acids is 1. The molecule has 136 valence electrons. The first-order valence-electron chi connectivity index (χ1n) is 8.28. The summed E-state index contributed by atoms with van der Waals surface area (Å²) in [6.45, 7) is 0.861. The molecule has 1 heterocycles. The maximum atomic E-state index is 12.2. The van der Waals surface area contributed by atoms with E-state index in [0.717, 1.165) is 19.3 Å². The Bertz CT molecular complexity index is 784. The van der Waals surface area contributed by atoms with E-state index in [-0.39, 0.29) is 0 Å². The molecule has 1 aromatic carbocycles. The van der Waals surface area contributed by atoms with E-state index in [0.29, 0.717) is 48.1 Å². The summed E-state index contributed by atoms with van der Waals surface area (Å²) in [6, 6.07) is 3.33. The summed E-state index contributed by atoms with van der Waals surface area (Å²) >= 11 is 6.14. The minimum absolute atomic E-state index is 0.382. The second-order valence-corrected chi connectivity index (χ2v) is 8.50. The Kier molecular flexibility index (Phi) is 5.54. The number of ether oxygens (including phenoxy) is 2. The van der Waals surface area contributed by atoms with Gasteiger partial charge in [-0.1, -0.05) is 30.9 Å². The fraction of sp³-hybridized carbons (Fsp3) is 0.471. The Labute approximate surface area is 152 Å². The second kappa shape index (κ2) is 7.66. The van der Waals surface area contributed by atoms with Crippen molar-refractivity contribution in [2.45, 2.75) is 37.4 Å². The molecule has 1 fully saturated rings. The van der Waals surface area contributed by atoms with Crippen LogP contribution in [0.3, 0.4) is 0 Å². The molecule has 1 amide bonds. The first kappa shape index (κ1) is 18.1. The zero-order valence-electron chi connectivity index (χ0n) is 13.7. The lowest BCUT2D eigenvalue weighted by Gasteiger charge is -2.21. The van der Waals surface area contributed by atoms with Gasteiger partial charge in [0.2, 0.25) is 10.0 Å². The number of amides is 1. The molecule has 1 aliphatic heterocycles. The zero-order valence-corrected chi connectivity index (χ0v) is 15.2. The Morgan fingerprint density at radius 2 is 1.88 bits per heavy atom. The lowest BCUT2D eigenvalue weighted by Crippen LogP contribution is -2.38. The molecule has 0 bridgehead atoms. The van der Waals surface area contributed by atoms with Crippen LogP contribution in [0.25, 0.3) is 6.08 Å². The minimum Gasteiger partial charge on any atom is -0.486 e. The van der Waals surface area contributed by atoms with Crippen molar-refractivity contribution in [3.05, 3.63) is 28.8 Å². The van der Waals surface area contributed by atoms with E-state index < -0.39 is 21.2 Å². The summed E-state index contributed by atoms with van der Waals surface area (Å²) in [5.41, 5.74) is 0.625. The summed E-state index contributed by atoms with van der Waals surface area (Å²) in [6.07, 6.45) is 6.69. The Balaban J connectivity index is 1.67. The molecular weight excluding hydrogens is 366 g/mol. The number of rotatable bonds is 4. The molecule has 1 aromatic rings. The molecule has 0 unspecified atom stereocenters. The van der Waals surface area contributed by atoms with Gasteiger partial charge in [0.05, 0.1) is 10.3 Å². The van der Waals surface area contributed by atoms with Crippen LogP contribution < -0.4 is 14.2 Å². The van der Waals surface area contributed by atoms with Gasteiger partial charge in [0.1, 0.15) is 13.2 Å². The van der Waals surface area contributed by atoms with Crippen LogP contribution in [0.5, 0.6) is 11.5 Å². The number of hydrogen-bond acceptors (Lipinski definition) is 5. The third-order valence-corrected chi connectivity index (χ3v) is 6.40. The second-order valence-electron chi connectivity index (χ2n) is 6.13. The molecule has 25 heavy (non-hydrogen) atoms. The lowest BCUT2D eigenvalue weighted by atomic mass is 10.0. The van der Waals surface area contributed by atoms with E-state index in [1.807, 2.05) is 0 Å². The van der Waals surface area contributed by atoms with E-state index >= 15 is 0 Å². The van der Waals surface area contributed by atoms with Crippen LogP contribution in [0.1, 0.15) is 37.7 Å². The number of halogens is 1. The van der Waals surface area contributed by atoms with Crippen molar-refractivity contribution < 1.29 is 22.7 Å². The predicted molar refractivity (Wildman–Crippen MR) is 95.4 cm³/mol. The third kappa shape index (κ3) is 4.46. The van der Waals surface area contributed by atoms with Crippen molar-refractivity contribution in [1.82, 2.24) is 4.72 Å². The van der Waals surface area contributed by atoms with E-state index in [4.69, 9.17) is 21.1 Å². The van der Waals surface area contributed by atoms with Crippen LogP contribution in [-0.4, -0.2) is 32.8 Å². The lowest BCUT2D eigenvalue weighted by molar-refractivity contribution is -0.114.